The molecule has 0 radical (unpaired) electrons. The number of guanidine groups is 1. The van der Waals surface area contributed by atoms with Crippen LogP contribution in [0.3, 0.4) is 0 Å². The van der Waals surface area contributed by atoms with Gasteiger partial charge >= 0.3 is 0 Å². The minimum atomic E-state index is 0. The summed E-state index contributed by atoms with van der Waals surface area (Å²) in [5, 5.41) is 7.91. The molecule has 1 aromatic heterocycles. The summed E-state index contributed by atoms with van der Waals surface area (Å²) >= 11 is 0. The van der Waals surface area contributed by atoms with E-state index < -0.39 is 0 Å². The molecule has 1 heterocycles. The second-order valence-corrected chi connectivity index (χ2v) is 6.20. The van der Waals surface area contributed by atoms with Crippen molar-refractivity contribution in [2.75, 3.05) is 25.5 Å². The summed E-state index contributed by atoms with van der Waals surface area (Å²) in [6.07, 6.45) is 1.06. The van der Waals surface area contributed by atoms with E-state index >= 15 is 0 Å². The van der Waals surface area contributed by atoms with Gasteiger partial charge in [-0.25, -0.2) is 9.98 Å². The average Bonchev–Trinajstić information content (AvgIpc) is 2.59. The lowest BCUT2D eigenvalue weighted by molar-refractivity contribution is 0.624. The zero-order chi connectivity index (χ0) is 17.5. The molecule has 0 bridgehead atoms. The Kier molecular flexibility index (Phi) is 8.96. The molecule has 138 valence electrons. The van der Waals surface area contributed by atoms with Gasteiger partial charge in [-0.15, -0.1) is 24.0 Å². The average molecular weight is 455 g/mol. The Balaban J connectivity index is 0.00000312. The van der Waals surface area contributed by atoms with E-state index in [1.54, 1.807) is 0 Å². The molecule has 0 fully saturated rings. The van der Waals surface area contributed by atoms with Gasteiger partial charge in [-0.1, -0.05) is 25.1 Å². The molecule has 0 aliphatic heterocycles. The van der Waals surface area contributed by atoms with Crippen LogP contribution < -0.4 is 15.5 Å². The topological polar surface area (TPSA) is 52.6 Å². The van der Waals surface area contributed by atoms with Crippen LogP contribution in [-0.2, 0) is 6.54 Å². The van der Waals surface area contributed by atoms with Crippen LogP contribution in [0.1, 0.15) is 32.8 Å². The molecule has 1 aromatic carbocycles. The summed E-state index contributed by atoms with van der Waals surface area (Å²) in [6.45, 7) is 7.89. The molecule has 2 N–H and O–H groups in total. The Morgan fingerprint density at radius 2 is 1.96 bits per heavy atom. The number of aromatic nitrogens is 1. The van der Waals surface area contributed by atoms with Crippen LogP contribution in [-0.4, -0.2) is 37.6 Å². The van der Waals surface area contributed by atoms with Gasteiger partial charge in [0.2, 0.25) is 0 Å². The van der Waals surface area contributed by atoms with Gasteiger partial charge in [0.05, 0.1) is 12.1 Å². The van der Waals surface area contributed by atoms with Crippen molar-refractivity contribution in [2.24, 2.45) is 4.99 Å². The number of benzene rings is 1. The Labute approximate surface area is 168 Å². The normalized spacial score (nSPS) is 12.4. The largest absolute Gasteiger partial charge is 0.363 e. The van der Waals surface area contributed by atoms with E-state index in [2.05, 4.69) is 55.7 Å². The van der Waals surface area contributed by atoms with Crippen molar-refractivity contribution in [3.8, 4) is 0 Å². The molecule has 0 saturated carbocycles. The summed E-state index contributed by atoms with van der Waals surface area (Å²) in [5.41, 5.74) is 2.19. The van der Waals surface area contributed by atoms with Crippen molar-refractivity contribution in [1.82, 2.24) is 15.6 Å². The third-order valence-electron chi connectivity index (χ3n) is 3.99. The lowest BCUT2D eigenvalue weighted by atomic mass is 10.1. The molecule has 5 nitrogen and oxygen atoms in total. The predicted octanol–water partition coefficient (Wildman–Crippen LogP) is 3.77. The molecule has 0 amide bonds. The third kappa shape index (κ3) is 6.02. The van der Waals surface area contributed by atoms with E-state index in [1.807, 2.05) is 25.1 Å². The molecule has 0 spiro atoms. The quantitative estimate of drug-likeness (QED) is 0.396. The molecule has 0 saturated heterocycles. The molecule has 2 aromatic rings. The number of nitrogens with zero attached hydrogens (tertiary/aromatic N) is 3. The smallest absolute Gasteiger partial charge is 0.191 e. The number of rotatable bonds is 6. The highest BCUT2D eigenvalue weighted by atomic mass is 127. The number of aliphatic imine (C=N–C) groups is 1. The Morgan fingerprint density at radius 3 is 2.60 bits per heavy atom. The van der Waals surface area contributed by atoms with Crippen molar-refractivity contribution in [3.05, 3.63) is 35.9 Å². The van der Waals surface area contributed by atoms with Gasteiger partial charge in [0, 0.05) is 32.1 Å². The molecular weight excluding hydrogens is 425 g/mol. The maximum atomic E-state index is 4.77. The molecule has 1 unspecified atom stereocenters. The van der Waals surface area contributed by atoms with Gasteiger partial charge in [-0.3, -0.25) is 0 Å². The van der Waals surface area contributed by atoms with Crippen LogP contribution in [0.4, 0.5) is 5.82 Å². The van der Waals surface area contributed by atoms with Crippen molar-refractivity contribution in [1.29, 1.82) is 0 Å². The van der Waals surface area contributed by atoms with E-state index in [4.69, 9.17) is 9.98 Å². The van der Waals surface area contributed by atoms with Crippen LogP contribution >= 0.6 is 24.0 Å². The summed E-state index contributed by atoms with van der Waals surface area (Å²) in [5.74, 6) is 1.82. The van der Waals surface area contributed by atoms with Crippen molar-refractivity contribution < 1.29 is 0 Å². The maximum absolute atomic E-state index is 4.77. The van der Waals surface area contributed by atoms with E-state index in [9.17, 15) is 0 Å². The number of para-hydroxylation sites is 1. The van der Waals surface area contributed by atoms with Gasteiger partial charge in [0.15, 0.2) is 5.96 Å². The fourth-order valence-corrected chi connectivity index (χ4v) is 2.41. The number of halogens is 1. The summed E-state index contributed by atoms with van der Waals surface area (Å²) in [6, 6.07) is 10.8. The van der Waals surface area contributed by atoms with Crippen LogP contribution in [0.25, 0.3) is 10.9 Å². The first kappa shape index (κ1) is 21.5. The number of fused-ring (bicyclic) bond motifs is 1. The predicted molar refractivity (Wildman–Crippen MR) is 119 cm³/mol. The van der Waals surface area contributed by atoms with Gasteiger partial charge in [-0.05, 0) is 38.0 Å². The molecule has 25 heavy (non-hydrogen) atoms. The van der Waals surface area contributed by atoms with E-state index in [0.29, 0.717) is 12.6 Å². The lowest BCUT2D eigenvalue weighted by Gasteiger charge is -2.17. The summed E-state index contributed by atoms with van der Waals surface area (Å²) < 4.78 is 0. The second-order valence-electron chi connectivity index (χ2n) is 6.20. The number of hydrogen-bond donors (Lipinski definition) is 2. The highest BCUT2D eigenvalue weighted by Gasteiger charge is 2.08. The number of nitrogens with one attached hydrogen (secondary N) is 2. The minimum absolute atomic E-state index is 0. The molecule has 6 heteroatoms. The zero-order valence-electron chi connectivity index (χ0n) is 15.8. The minimum Gasteiger partial charge on any atom is -0.363 e. The molecule has 2 rings (SSSR count). The number of pyridine rings is 1. The van der Waals surface area contributed by atoms with Crippen LogP contribution in [0.5, 0.6) is 0 Å². The maximum Gasteiger partial charge on any atom is 0.191 e. The van der Waals surface area contributed by atoms with Crippen molar-refractivity contribution >= 4 is 46.7 Å². The van der Waals surface area contributed by atoms with Crippen LogP contribution in [0.15, 0.2) is 35.3 Å². The fraction of sp³-hybridized carbons (Fsp3) is 0.474. The van der Waals surface area contributed by atoms with Crippen LogP contribution in [0, 0.1) is 0 Å². The molecular formula is C19H30IN5. The van der Waals surface area contributed by atoms with Crippen molar-refractivity contribution in [3.63, 3.8) is 0 Å². The number of hydrogen-bond acceptors (Lipinski definition) is 3. The second kappa shape index (κ2) is 10.4. The molecule has 0 aliphatic carbocycles. The highest BCUT2D eigenvalue weighted by molar-refractivity contribution is 14.0. The zero-order valence-corrected chi connectivity index (χ0v) is 18.2. The molecule has 0 aliphatic rings. The first-order valence-corrected chi connectivity index (χ1v) is 8.66. The lowest BCUT2D eigenvalue weighted by Crippen LogP contribution is -2.41. The Morgan fingerprint density at radius 1 is 1.24 bits per heavy atom. The first-order chi connectivity index (χ1) is 11.5. The standard InChI is InChI=1S/C19H29N5.HI/c1-6-14(3)22-19(20-7-2)21-13-15-12-18(24(4)5)23-17-11-9-8-10-16(15)17;/h8-12,14H,6-7,13H2,1-5H3,(H2,20,21,22);1H. The first-order valence-electron chi connectivity index (χ1n) is 8.66. The van der Waals surface area contributed by atoms with Crippen molar-refractivity contribution in [2.45, 2.75) is 39.8 Å². The summed E-state index contributed by atoms with van der Waals surface area (Å²) in [4.78, 5) is 11.5. The summed E-state index contributed by atoms with van der Waals surface area (Å²) in [7, 11) is 4.03. The Bertz CT molecular complexity index is 699. The number of anilines is 1. The SMILES string of the molecule is CCNC(=NCc1cc(N(C)C)nc2ccccc12)NC(C)CC.I. The van der Waals surface area contributed by atoms with Gasteiger partial charge in [0.25, 0.3) is 0 Å². The third-order valence-corrected chi connectivity index (χ3v) is 3.99. The van der Waals surface area contributed by atoms with E-state index in [-0.39, 0.29) is 24.0 Å². The van der Waals surface area contributed by atoms with Gasteiger partial charge in [0.1, 0.15) is 5.82 Å². The monoisotopic (exact) mass is 455 g/mol. The van der Waals surface area contributed by atoms with Gasteiger partial charge < -0.3 is 15.5 Å². The highest BCUT2D eigenvalue weighted by Crippen LogP contribution is 2.22. The Hall–Kier alpha value is -1.57. The molecule has 1 atom stereocenters. The van der Waals surface area contributed by atoms with E-state index in [1.165, 1.54) is 5.56 Å². The van der Waals surface area contributed by atoms with Gasteiger partial charge in [-0.2, -0.15) is 0 Å². The van der Waals surface area contributed by atoms with Crippen LogP contribution in [0.2, 0.25) is 0 Å². The fourth-order valence-electron chi connectivity index (χ4n) is 2.41. The van der Waals surface area contributed by atoms with E-state index in [0.717, 1.165) is 35.6 Å².